The Bertz CT molecular complexity index is 251. The van der Waals surface area contributed by atoms with Gasteiger partial charge in [0.05, 0.1) is 13.2 Å². The third-order valence-corrected chi connectivity index (χ3v) is 2.99. The van der Waals surface area contributed by atoms with Gasteiger partial charge in [-0.15, -0.1) is 0 Å². The van der Waals surface area contributed by atoms with E-state index in [9.17, 15) is 8.42 Å². The summed E-state index contributed by atoms with van der Waals surface area (Å²) in [7, 11) is -0.612. The molecule has 0 aliphatic rings. The van der Waals surface area contributed by atoms with E-state index in [0.717, 1.165) is 0 Å². The maximum Gasteiger partial charge on any atom is 0.277 e. The number of aliphatic hydroxyl groups excluding tert-OH is 1. The van der Waals surface area contributed by atoms with Gasteiger partial charge >= 0.3 is 0 Å². The summed E-state index contributed by atoms with van der Waals surface area (Å²) in [6.07, 6.45) is 0.305. The first-order valence-corrected chi connectivity index (χ1v) is 6.39. The van der Waals surface area contributed by atoms with E-state index in [4.69, 9.17) is 14.6 Å². The summed E-state index contributed by atoms with van der Waals surface area (Å²) in [5, 5.41) is 8.74. The van der Waals surface area contributed by atoms with E-state index < -0.39 is 16.3 Å². The van der Waals surface area contributed by atoms with Crippen molar-refractivity contribution < 1.29 is 23.0 Å². The number of ether oxygens (including phenoxy) is 2. The standard InChI is InChI=1S/C8H20N2O5S/c1-14-6-4-9-16(12,13)10-8(3-5-11)7-15-2/h8-11H,3-7H2,1-2H3. The maximum absolute atomic E-state index is 11.5. The minimum atomic E-state index is -3.57. The molecule has 1 atom stereocenters. The fourth-order valence-electron chi connectivity index (χ4n) is 1.07. The van der Waals surface area contributed by atoms with Crippen molar-refractivity contribution in [2.45, 2.75) is 12.5 Å². The summed E-state index contributed by atoms with van der Waals surface area (Å²) in [6.45, 7) is 0.612. The average Bonchev–Trinajstić information content (AvgIpc) is 2.18. The van der Waals surface area contributed by atoms with Crippen molar-refractivity contribution in [2.75, 3.05) is 40.6 Å². The van der Waals surface area contributed by atoms with Crippen molar-refractivity contribution in [2.24, 2.45) is 0 Å². The van der Waals surface area contributed by atoms with Crippen LogP contribution in [0.15, 0.2) is 0 Å². The van der Waals surface area contributed by atoms with Gasteiger partial charge in [0.2, 0.25) is 0 Å². The zero-order valence-electron chi connectivity index (χ0n) is 9.60. The Balaban J connectivity index is 4.08. The minimum Gasteiger partial charge on any atom is -0.396 e. The molecule has 0 radical (unpaired) electrons. The minimum absolute atomic E-state index is 0.103. The zero-order valence-corrected chi connectivity index (χ0v) is 10.4. The molecule has 3 N–H and O–H groups in total. The van der Waals surface area contributed by atoms with Crippen LogP contribution in [0.1, 0.15) is 6.42 Å². The Hall–Kier alpha value is -0.250. The molecule has 0 aromatic heterocycles. The Labute approximate surface area is 96.3 Å². The van der Waals surface area contributed by atoms with Crippen LogP contribution in [0.2, 0.25) is 0 Å². The van der Waals surface area contributed by atoms with Gasteiger partial charge in [0.15, 0.2) is 0 Å². The molecule has 98 valence electrons. The number of hydrogen-bond donors (Lipinski definition) is 3. The fourth-order valence-corrected chi connectivity index (χ4v) is 2.13. The molecule has 0 spiro atoms. The molecule has 8 heteroatoms. The van der Waals surface area contributed by atoms with Crippen molar-refractivity contribution in [1.82, 2.24) is 9.44 Å². The molecule has 1 unspecified atom stereocenters. The first-order chi connectivity index (χ1) is 7.55. The largest absolute Gasteiger partial charge is 0.396 e. The Kier molecular flexibility index (Phi) is 8.71. The first kappa shape index (κ1) is 15.8. The molecule has 0 aromatic carbocycles. The zero-order chi connectivity index (χ0) is 12.4. The second-order valence-electron chi connectivity index (χ2n) is 3.17. The van der Waals surface area contributed by atoms with Crippen LogP contribution in [0.4, 0.5) is 0 Å². The van der Waals surface area contributed by atoms with Crippen molar-refractivity contribution in [3.63, 3.8) is 0 Å². The second kappa shape index (κ2) is 8.85. The smallest absolute Gasteiger partial charge is 0.277 e. The Morgan fingerprint density at radius 2 is 2.00 bits per heavy atom. The van der Waals surface area contributed by atoms with Crippen molar-refractivity contribution in [3.05, 3.63) is 0 Å². The molecule has 0 rings (SSSR count). The lowest BCUT2D eigenvalue weighted by molar-refractivity contribution is 0.157. The van der Waals surface area contributed by atoms with Gasteiger partial charge in [-0.3, -0.25) is 0 Å². The first-order valence-electron chi connectivity index (χ1n) is 4.91. The lowest BCUT2D eigenvalue weighted by Crippen LogP contribution is -2.45. The highest BCUT2D eigenvalue weighted by atomic mass is 32.2. The number of aliphatic hydroxyl groups is 1. The topological polar surface area (TPSA) is 96.9 Å². The molecular formula is C8H20N2O5S. The van der Waals surface area contributed by atoms with Gasteiger partial charge < -0.3 is 14.6 Å². The van der Waals surface area contributed by atoms with Crippen LogP contribution in [0.5, 0.6) is 0 Å². The van der Waals surface area contributed by atoms with Crippen LogP contribution >= 0.6 is 0 Å². The quantitative estimate of drug-likeness (QED) is 0.411. The normalized spacial score (nSPS) is 13.9. The third kappa shape index (κ3) is 7.97. The Morgan fingerprint density at radius 3 is 2.50 bits per heavy atom. The molecular weight excluding hydrogens is 236 g/mol. The van der Waals surface area contributed by atoms with E-state index in [1.807, 2.05) is 0 Å². The van der Waals surface area contributed by atoms with Gasteiger partial charge in [0.1, 0.15) is 0 Å². The van der Waals surface area contributed by atoms with Gasteiger partial charge in [-0.25, -0.2) is 0 Å². The summed E-state index contributed by atoms with van der Waals surface area (Å²) >= 11 is 0. The lowest BCUT2D eigenvalue weighted by atomic mass is 10.2. The van der Waals surface area contributed by atoms with Gasteiger partial charge in [-0.1, -0.05) is 0 Å². The maximum atomic E-state index is 11.5. The Morgan fingerprint density at radius 1 is 1.31 bits per heavy atom. The molecule has 0 heterocycles. The second-order valence-corrected chi connectivity index (χ2v) is 4.70. The molecule has 0 aliphatic heterocycles. The third-order valence-electron chi connectivity index (χ3n) is 1.77. The molecule has 0 amide bonds. The summed E-state index contributed by atoms with van der Waals surface area (Å²) in [6, 6.07) is -0.435. The summed E-state index contributed by atoms with van der Waals surface area (Å²) in [5.41, 5.74) is 0. The summed E-state index contributed by atoms with van der Waals surface area (Å²) in [5.74, 6) is 0. The summed E-state index contributed by atoms with van der Waals surface area (Å²) < 4.78 is 37.1. The number of rotatable bonds is 10. The van der Waals surface area contributed by atoms with Gasteiger partial charge in [0.25, 0.3) is 10.2 Å². The molecule has 7 nitrogen and oxygen atoms in total. The molecule has 0 aliphatic carbocycles. The van der Waals surface area contributed by atoms with Crippen LogP contribution in [-0.2, 0) is 19.7 Å². The number of methoxy groups -OCH3 is 2. The molecule has 0 saturated heterocycles. The van der Waals surface area contributed by atoms with Crippen molar-refractivity contribution >= 4 is 10.2 Å². The van der Waals surface area contributed by atoms with Gasteiger partial charge in [-0.05, 0) is 6.42 Å². The van der Waals surface area contributed by atoms with E-state index in [0.29, 0.717) is 13.0 Å². The van der Waals surface area contributed by atoms with Crippen molar-refractivity contribution in [1.29, 1.82) is 0 Å². The van der Waals surface area contributed by atoms with Crippen LogP contribution in [0, 0.1) is 0 Å². The van der Waals surface area contributed by atoms with Gasteiger partial charge in [0, 0.05) is 33.4 Å². The van der Waals surface area contributed by atoms with E-state index in [2.05, 4.69) is 9.44 Å². The van der Waals surface area contributed by atoms with E-state index >= 15 is 0 Å². The summed E-state index contributed by atoms with van der Waals surface area (Å²) in [4.78, 5) is 0. The highest BCUT2D eigenvalue weighted by Gasteiger charge is 2.16. The predicted molar refractivity (Wildman–Crippen MR) is 59.3 cm³/mol. The molecule has 0 saturated carbocycles. The van der Waals surface area contributed by atoms with Crippen LogP contribution in [0.25, 0.3) is 0 Å². The molecule has 0 bridgehead atoms. The highest BCUT2D eigenvalue weighted by Crippen LogP contribution is 1.94. The molecule has 0 aromatic rings. The van der Waals surface area contributed by atoms with E-state index in [1.54, 1.807) is 0 Å². The highest BCUT2D eigenvalue weighted by molar-refractivity contribution is 7.87. The van der Waals surface area contributed by atoms with Crippen molar-refractivity contribution in [3.8, 4) is 0 Å². The molecule has 16 heavy (non-hydrogen) atoms. The monoisotopic (exact) mass is 256 g/mol. The van der Waals surface area contributed by atoms with Crippen LogP contribution < -0.4 is 9.44 Å². The fraction of sp³-hybridized carbons (Fsp3) is 1.00. The number of nitrogens with one attached hydrogen (secondary N) is 2. The van der Waals surface area contributed by atoms with Crippen LogP contribution in [-0.4, -0.2) is 60.2 Å². The average molecular weight is 256 g/mol. The molecule has 0 fully saturated rings. The van der Waals surface area contributed by atoms with Gasteiger partial charge in [-0.2, -0.15) is 17.9 Å². The van der Waals surface area contributed by atoms with E-state index in [-0.39, 0.29) is 19.8 Å². The lowest BCUT2D eigenvalue weighted by Gasteiger charge is -2.17. The number of hydrogen-bond acceptors (Lipinski definition) is 5. The predicted octanol–water partition coefficient (Wildman–Crippen LogP) is -1.55. The van der Waals surface area contributed by atoms with Crippen LogP contribution in [0.3, 0.4) is 0 Å². The SMILES string of the molecule is COCCNS(=O)(=O)NC(CCO)COC. The van der Waals surface area contributed by atoms with E-state index in [1.165, 1.54) is 14.2 Å².